The summed E-state index contributed by atoms with van der Waals surface area (Å²) in [4.78, 5) is 22.8. The van der Waals surface area contributed by atoms with E-state index in [0.717, 1.165) is 0 Å². The van der Waals surface area contributed by atoms with E-state index in [1.807, 2.05) is 0 Å². The summed E-state index contributed by atoms with van der Waals surface area (Å²) >= 11 is 0. The molecule has 0 amide bonds. The van der Waals surface area contributed by atoms with Crippen molar-refractivity contribution in [3.63, 3.8) is 0 Å². The van der Waals surface area contributed by atoms with Gasteiger partial charge in [-0.1, -0.05) is 12.1 Å². The summed E-state index contributed by atoms with van der Waals surface area (Å²) in [5.74, 6) is -1.48. The normalized spacial score (nSPS) is 11.1. The second kappa shape index (κ2) is 5.08. The molecule has 3 N–H and O–H groups in total. The van der Waals surface area contributed by atoms with Gasteiger partial charge in [0.1, 0.15) is 0 Å². The van der Waals surface area contributed by atoms with Crippen LogP contribution >= 0.6 is 0 Å². The molecule has 0 atom stereocenters. The first-order valence-electron chi connectivity index (χ1n) is 5.48. The van der Waals surface area contributed by atoms with E-state index >= 15 is 0 Å². The van der Waals surface area contributed by atoms with Crippen molar-refractivity contribution in [2.75, 3.05) is 12.8 Å². The average molecular weight is 251 g/mol. The summed E-state index contributed by atoms with van der Waals surface area (Å²) < 4.78 is 4.67. The maximum Gasteiger partial charge on any atom is 0.340 e. The summed E-state index contributed by atoms with van der Waals surface area (Å²) in [6, 6.07) is 4.96. The molecule has 0 fully saturated rings. The van der Waals surface area contributed by atoms with Crippen LogP contribution in [0.2, 0.25) is 0 Å². The number of hydrogen-bond donors (Lipinski definition) is 2. The molecule has 0 spiro atoms. The number of methoxy groups -OCH3 is 1. The Morgan fingerprint density at radius 2 is 2.00 bits per heavy atom. The number of aliphatic carboxylic acids is 1. The van der Waals surface area contributed by atoms with Gasteiger partial charge >= 0.3 is 11.9 Å². The molecule has 0 bridgehead atoms. The zero-order valence-electron chi connectivity index (χ0n) is 10.7. The minimum absolute atomic E-state index is 0.206. The third-order valence-electron chi connectivity index (χ3n) is 2.78. The molecule has 0 aromatic heterocycles. The quantitative estimate of drug-likeness (QED) is 0.628. The van der Waals surface area contributed by atoms with Crippen molar-refractivity contribution in [2.24, 2.45) is 5.41 Å². The molecule has 0 radical (unpaired) electrons. The van der Waals surface area contributed by atoms with E-state index in [1.54, 1.807) is 32.0 Å². The lowest BCUT2D eigenvalue weighted by Gasteiger charge is -2.21. The fourth-order valence-electron chi connectivity index (χ4n) is 1.67. The molecule has 5 heteroatoms. The Morgan fingerprint density at radius 1 is 1.39 bits per heavy atom. The SMILES string of the molecule is COC(=O)c1c(N)cccc1CC(C)(C)C(=O)O. The van der Waals surface area contributed by atoms with Gasteiger partial charge in [0.05, 0.1) is 18.1 Å². The topological polar surface area (TPSA) is 89.6 Å². The van der Waals surface area contributed by atoms with E-state index in [4.69, 9.17) is 10.8 Å². The second-order valence-electron chi connectivity index (χ2n) is 4.74. The molecule has 0 saturated carbocycles. The molecule has 1 rings (SSSR count). The van der Waals surface area contributed by atoms with Crippen LogP contribution in [0.4, 0.5) is 5.69 Å². The predicted octanol–water partition coefficient (Wildman–Crippen LogP) is 1.71. The molecule has 98 valence electrons. The molecule has 0 aliphatic carbocycles. The van der Waals surface area contributed by atoms with Gasteiger partial charge in [-0.3, -0.25) is 4.79 Å². The Labute approximate surface area is 106 Å². The minimum Gasteiger partial charge on any atom is -0.481 e. The van der Waals surface area contributed by atoms with Gasteiger partial charge in [0, 0.05) is 5.69 Å². The number of carboxylic acids is 1. The van der Waals surface area contributed by atoms with Crippen molar-refractivity contribution in [1.82, 2.24) is 0 Å². The first-order chi connectivity index (χ1) is 8.29. The molecule has 0 aliphatic heterocycles. The number of carbonyl (C=O) groups is 2. The molecule has 0 unspecified atom stereocenters. The van der Waals surface area contributed by atoms with Gasteiger partial charge < -0.3 is 15.6 Å². The number of carbonyl (C=O) groups excluding carboxylic acids is 1. The number of rotatable bonds is 4. The highest BCUT2D eigenvalue weighted by Gasteiger charge is 2.29. The molecule has 5 nitrogen and oxygen atoms in total. The fraction of sp³-hybridized carbons (Fsp3) is 0.385. The largest absolute Gasteiger partial charge is 0.481 e. The van der Waals surface area contributed by atoms with Crippen molar-refractivity contribution >= 4 is 17.6 Å². The van der Waals surface area contributed by atoms with E-state index in [0.29, 0.717) is 11.3 Å². The number of carboxylic acid groups (broad SMARTS) is 1. The summed E-state index contributed by atoms with van der Waals surface area (Å²) in [5.41, 5.74) is 5.88. The molecule has 1 aromatic rings. The molecule has 0 heterocycles. The van der Waals surface area contributed by atoms with E-state index in [1.165, 1.54) is 7.11 Å². The van der Waals surface area contributed by atoms with Crippen LogP contribution < -0.4 is 5.73 Å². The highest BCUT2D eigenvalue weighted by atomic mass is 16.5. The third kappa shape index (κ3) is 2.80. The third-order valence-corrected chi connectivity index (χ3v) is 2.78. The van der Waals surface area contributed by atoms with Crippen LogP contribution in [-0.2, 0) is 16.0 Å². The number of benzene rings is 1. The van der Waals surface area contributed by atoms with E-state index in [2.05, 4.69) is 4.74 Å². The molecular formula is C13H17NO4. The molecule has 1 aromatic carbocycles. The molecule has 0 aliphatic rings. The van der Waals surface area contributed by atoms with Crippen LogP contribution in [-0.4, -0.2) is 24.2 Å². The predicted molar refractivity (Wildman–Crippen MR) is 67.3 cm³/mol. The number of nitrogens with two attached hydrogens (primary N) is 1. The van der Waals surface area contributed by atoms with Crippen molar-refractivity contribution in [3.05, 3.63) is 29.3 Å². The Hall–Kier alpha value is -2.04. The van der Waals surface area contributed by atoms with Gasteiger partial charge in [0.15, 0.2) is 0 Å². The van der Waals surface area contributed by atoms with Gasteiger partial charge in [0.2, 0.25) is 0 Å². The first-order valence-corrected chi connectivity index (χ1v) is 5.48. The number of esters is 1. The average Bonchev–Trinajstić information content (AvgIpc) is 2.27. The highest BCUT2D eigenvalue weighted by molar-refractivity contribution is 5.96. The van der Waals surface area contributed by atoms with Crippen molar-refractivity contribution in [2.45, 2.75) is 20.3 Å². The first kappa shape index (κ1) is 14.0. The van der Waals surface area contributed by atoms with Crippen LogP contribution in [0, 0.1) is 5.41 Å². The smallest absolute Gasteiger partial charge is 0.340 e. The van der Waals surface area contributed by atoms with Gasteiger partial charge in [-0.25, -0.2) is 4.79 Å². The van der Waals surface area contributed by atoms with Gasteiger partial charge in [-0.05, 0) is 31.9 Å². The van der Waals surface area contributed by atoms with Crippen molar-refractivity contribution < 1.29 is 19.4 Å². The lowest BCUT2D eigenvalue weighted by Crippen LogP contribution is -2.27. The Balaban J connectivity index is 3.21. The zero-order valence-corrected chi connectivity index (χ0v) is 10.7. The number of hydrogen-bond acceptors (Lipinski definition) is 4. The Bertz CT molecular complexity index is 480. The Kier molecular flexibility index (Phi) is 3.96. The summed E-state index contributed by atoms with van der Waals surface area (Å²) in [6.07, 6.45) is 0.206. The van der Waals surface area contributed by atoms with Crippen LogP contribution in [0.15, 0.2) is 18.2 Å². The number of anilines is 1. The van der Waals surface area contributed by atoms with E-state index in [9.17, 15) is 9.59 Å². The number of ether oxygens (including phenoxy) is 1. The van der Waals surface area contributed by atoms with Gasteiger partial charge in [-0.2, -0.15) is 0 Å². The lowest BCUT2D eigenvalue weighted by atomic mass is 9.84. The molecule has 18 heavy (non-hydrogen) atoms. The zero-order chi connectivity index (χ0) is 13.9. The van der Waals surface area contributed by atoms with Crippen LogP contribution in [0.25, 0.3) is 0 Å². The van der Waals surface area contributed by atoms with E-state index < -0.39 is 17.4 Å². The summed E-state index contributed by atoms with van der Waals surface area (Å²) in [5, 5.41) is 9.11. The minimum atomic E-state index is -0.976. The highest BCUT2D eigenvalue weighted by Crippen LogP contribution is 2.27. The maximum absolute atomic E-state index is 11.7. The monoisotopic (exact) mass is 251 g/mol. The molecule has 0 saturated heterocycles. The van der Waals surface area contributed by atoms with Crippen molar-refractivity contribution in [3.8, 4) is 0 Å². The van der Waals surface area contributed by atoms with Crippen LogP contribution in [0.3, 0.4) is 0 Å². The number of nitrogen functional groups attached to an aromatic ring is 1. The van der Waals surface area contributed by atoms with Gasteiger partial charge in [-0.15, -0.1) is 0 Å². The van der Waals surface area contributed by atoms with Gasteiger partial charge in [0.25, 0.3) is 0 Å². The maximum atomic E-state index is 11.7. The Morgan fingerprint density at radius 3 is 2.50 bits per heavy atom. The summed E-state index contributed by atoms with van der Waals surface area (Å²) in [6.45, 7) is 3.19. The van der Waals surface area contributed by atoms with Crippen LogP contribution in [0.1, 0.15) is 29.8 Å². The van der Waals surface area contributed by atoms with Crippen LogP contribution in [0.5, 0.6) is 0 Å². The standard InChI is InChI=1S/C13H17NO4/c1-13(2,12(16)17)7-8-5-4-6-9(14)10(8)11(15)18-3/h4-6H,7,14H2,1-3H3,(H,16,17). The summed E-state index contributed by atoms with van der Waals surface area (Å²) in [7, 11) is 1.26. The lowest BCUT2D eigenvalue weighted by molar-refractivity contribution is -0.146. The fourth-order valence-corrected chi connectivity index (χ4v) is 1.67. The van der Waals surface area contributed by atoms with Crippen molar-refractivity contribution in [1.29, 1.82) is 0 Å². The molecular weight excluding hydrogens is 234 g/mol. The van der Waals surface area contributed by atoms with E-state index in [-0.39, 0.29) is 12.0 Å². The second-order valence-corrected chi connectivity index (χ2v) is 4.74.